The third kappa shape index (κ3) is 3.02. The second kappa shape index (κ2) is 7.14. The molecule has 0 aliphatic carbocycles. The van der Waals surface area contributed by atoms with Crippen LogP contribution < -0.4 is 4.31 Å². The summed E-state index contributed by atoms with van der Waals surface area (Å²) in [5.74, 6) is 0.677. The molecule has 26 heavy (non-hydrogen) atoms. The van der Waals surface area contributed by atoms with E-state index < -0.39 is 10.0 Å². The Morgan fingerprint density at radius 1 is 1.12 bits per heavy atom. The normalized spacial score (nSPS) is 11.4. The molecule has 3 rings (SSSR count). The zero-order valence-corrected chi connectivity index (χ0v) is 15.4. The lowest BCUT2D eigenvalue weighted by atomic mass is 10.1. The molecule has 0 bridgehead atoms. The number of hydrogen-bond donors (Lipinski definition) is 0. The summed E-state index contributed by atoms with van der Waals surface area (Å²) in [6.45, 7) is 3.66. The molecule has 8 heteroatoms. The molecule has 0 saturated carbocycles. The first-order chi connectivity index (χ1) is 12.5. The zero-order valence-electron chi connectivity index (χ0n) is 14.6. The first kappa shape index (κ1) is 17.9. The molecule has 0 fully saturated rings. The van der Waals surface area contributed by atoms with Gasteiger partial charge in [0.2, 0.25) is 0 Å². The van der Waals surface area contributed by atoms with Crippen LogP contribution in [0.3, 0.4) is 0 Å². The van der Waals surface area contributed by atoms with Gasteiger partial charge in [0.1, 0.15) is 17.3 Å². The second-order valence-corrected chi connectivity index (χ2v) is 7.56. The van der Waals surface area contributed by atoms with E-state index in [9.17, 15) is 13.7 Å². The van der Waals surface area contributed by atoms with E-state index in [0.29, 0.717) is 17.9 Å². The third-order valence-corrected chi connectivity index (χ3v) is 6.00. The van der Waals surface area contributed by atoms with Crippen molar-refractivity contribution in [2.45, 2.75) is 31.6 Å². The number of aryl methyl sites for hydroxylation is 2. The Morgan fingerprint density at radius 2 is 1.85 bits per heavy atom. The highest BCUT2D eigenvalue weighted by molar-refractivity contribution is 7.93. The maximum Gasteiger partial charge on any atom is 0.269 e. The highest BCUT2D eigenvalue weighted by Gasteiger charge is 2.28. The number of sulfonamides is 1. The summed E-state index contributed by atoms with van der Waals surface area (Å²) in [5, 5.41) is 17.3. The molecule has 0 N–H and O–H groups in total. The predicted molar refractivity (Wildman–Crippen MR) is 98.3 cm³/mol. The van der Waals surface area contributed by atoms with Crippen LogP contribution in [-0.4, -0.2) is 29.6 Å². The summed E-state index contributed by atoms with van der Waals surface area (Å²) in [6.07, 6.45) is 3.22. The SMILES string of the molecule is CCc1ccc(N(CC#N)S(=O)(=O)c2cccn3c(CC)nnc23)cc1. The number of anilines is 1. The van der Waals surface area contributed by atoms with Gasteiger partial charge in [-0.1, -0.05) is 26.0 Å². The molecule has 0 radical (unpaired) electrons. The summed E-state index contributed by atoms with van der Waals surface area (Å²) < 4.78 is 29.3. The summed E-state index contributed by atoms with van der Waals surface area (Å²) in [6, 6.07) is 12.2. The molecule has 134 valence electrons. The predicted octanol–water partition coefficient (Wildman–Crippen LogP) is 2.57. The molecule has 3 aromatic rings. The molecule has 0 spiro atoms. The minimum absolute atomic E-state index is 0.0296. The van der Waals surface area contributed by atoms with Gasteiger partial charge in [-0.2, -0.15) is 5.26 Å². The molecule has 2 heterocycles. The molecular formula is C18H19N5O2S. The van der Waals surface area contributed by atoms with Crippen LogP contribution in [0.25, 0.3) is 5.65 Å². The largest absolute Gasteiger partial charge is 0.285 e. The van der Waals surface area contributed by atoms with Gasteiger partial charge in [-0.15, -0.1) is 10.2 Å². The highest BCUT2D eigenvalue weighted by Crippen LogP contribution is 2.26. The fourth-order valence-corrected chi connectivity index (χ4v) is 4.26. The van der Waals surface area contributed by atoms with Gasteiger partial charge in [-0.05, 0) is 36.2 Å². The zero-order chi connectivity index (χ0) is 18.7. The van der Waals surface area contributed by atoms with E-state index in [2.05, 4.69) is 10.2 Å². The number of aromatic nitrogens is 3. The molecule has 7 nitrogen and oxygen atoms in total. The minimum Gasteiger partial charge on any atom is -0.285 e. The van der Waals surface area contributed by atoms with Gasteiger partial charge in [-0.3, -0.25) is 8.71 Å². The van der Waals surface area contributed by atoms with Crippen LogP contribution in [0.1, 0.15) is 25.2 Å². The lowest BCUT2D eigenvalue weighted by Gasteiger charge is -2.22. The van der Waals surface area contributed by atoms with E-state index in [1.165, 1.54) is 6.07 Å². The molecule has 2 aromatic heterocycles. The number of benzene rings is 1. The summed E-state index contributed by atoms with van der Waals surface area (Å²) in [7, 11) is -3.97. The molecule has 0 atom stereocenters. The van der Waals surface area contributed by atoms with Gasteiger partial charge < -0.3 is 0 Å². The highest BCUT2D eigenvalue weighted by atomic mass is 32.2. The van der Waals surface area contributed by atoms with Gasteiger partial charge in [0.15, 0.2) is 5.65 Å². The lowest BCUT2D eigenvalue weighted by Crippen LogP contribution is -2.31. The number of fused-ring (bicyclic) bond motifs is 1. The Balaban J connectivity index is 2.14. The van der Waals surface area contributed by atoms with Crippen molar-refractivity contribution in [1.82, 2.24) is 14.6 Å². The molecule has 0 saturated heterocycles. The van der Waals surface area contributed by atoms with E-state index >= 15 is 0 Å². The third-order valence-electron chi connectivity index (χ3n) is 4.20. The van der Waals surface area contributed by atoms with Crippen molar-refractivity contribution in [3.63, 3.8) is 0 Å². The van der Waals surface area contributed by atoms with E-state index in [4.69, 9.17) is 0 Å². The topological polar surface area (TPSA) is 91.4 Å². The standard InChI is InChI=1S/C18H19N5O2S/c1-3-14-7-9-15(10-8-14)23(13-11-19)26(24,25)16-6-5-12-22-17(4-2)20-21-18(16)22/h5-10,12H,3-4,13H2,1-2H3. The molecule has 1 aromatic carbocycles. The fourth-order valence-electron chi connectivity index (χ4n) is 2.78. The number of nitriles is 1. The Hall–Kier alpha value is -2.92. The Kier molecular flexibility index (Phi) is 4.91. The molecule has 0 amide bonds. The van der Waals surface area contributed by atoms with Crippen molar-refractivity contribution >= 4 is 21.4 Å². The van der Waals surface area contributed by atoms with Gasteiger partial charge >= 0.3 is 0 Å². The van der Waals surface area contributed by atoms with E-state index in [1.807, 2.05) is 32.0 Å². The summed E-state index contributed by atoms with van der Waals surface area (Å²) >= 11 is 0. The minimum atomic E-state index is -3.97. The maximum absolute atomic E-state index is 13.3. The lowest BCUT2D eigenvalue weighted by molar-refractivity contribution is 0.593. The average Bonchev–Trinajstić information content (AvgIpc) is 3.09. The van der Waals surface area contributed by atoms with Crippen LogP contribution in [0.4, 0.5) is 5.69 Å². The Labute approximate surface area is 152 Å². The van der Waals surface area contributed by atoms with Crippen molar-refractivity contribution in [2.24, 2.45) is 0 Å². The maximum atomic E-state index is 13.3. The first-order valence-corrected chi connectivity index (χ1v) is 9.78. The number of nitrogens with zero attached hydrogens (tertiary/aromatic N) is 5. The van der Waals surface area contributed by atoms with Crippen LogP contribution in [0.5, 0.6) is 0 Å². The van der Waals surface area contributed by atoms with E-state index in [1.54, 1.807) is 28.8 Å². The van der Waals surface area contributed by atoms with Crippen LogP contribution in [-0.2, 0) is 22.9 Å². The fraction of sp³-hybridized carbons (Fsp3) is 0.278. The smallest absolute Gasteiger partial charge is 0.269 e. The molecular weight excluding hydrogens is 350 g/mol. The van der Waals surface area contributed by atoms with Crippen LogP contribution in [0, 0.1) is 11.3 Å². The van der Waals surface area contributed by atoms with Crippen LogP contribution in [0.2, 0.25) is 0 Å². The van der Waals surface area contributed by atoms with Crippen molar-refractivity contribution < 1.29 is 8.42 Å². The summed E-state index contributed by atoms with van der Waals surface area (Å²) in [4.78, 5) is 0.0296. The second-order valence-electron chi connectivity index (χ2n) is 5.73. The van der Waals surface area contributed by atoms with Gasteiger partial charge in [-0.25, -0.2) is 8.42 Å². The monoisotopic (exact) mass is 369 g/mol. The van der Waals surface area contributed by atoms with E-state index in [-0.39, 0.29) is 17.1 Å². The van der Waals surface area contributed by atoms with Crippen molar-refractivity contribution in [2.75, 3.05) is 10.8 Å². The Morgan fingerprint density at radius 3 is 2.46 bits per heavy atom. The molecule has 0 aliphatic rings. The molecule has 0 aliphatic heterocycles. The van der Waals surface area contributed by atoms with Gasteiger partial charge in [0.25, 0.3) is 10.0 Å². The van der Waals surface area contributed by atoms with Crippen LogP contribution >= 0.6 is 0 Å². The molecule has 0 unspecified atom stereocenters. The quantitative estimate of drug-likeness (QED) is 0.623. The van der Waals surface area contributed by atoms with Crippen LogP contribution in [0.15, 0.2) is 47.5 Å². The van der Waals surface area contributed by atoms with Crippen molar-refractivity contribution in [3.05, 3.63) is 54.0 Å². The number of pyridine rings is 1. The van der Waals surface area contributed by atoms with Gasteiger partial charge in [0.05, 0.1) is 11.8 Å². The average molecular weight is 369 g/mol. The van der Waals surface area contributed by atoms with Gasteiger partial charge in [0, 0.05) is 12.6 Å². The first-order valence-electron chi connectivity index (χ1n) is 8.34. The van der Waals surface area contributed by atoms with Crippen molar-refractivity contribution in [3.8, 4) is 6.07 Å². The number of rotatable bonds is 6. The number of hydrogen-bond acceptors (Lipinski definition) is 5. The van der Waals surface area contributed by atoms with Crippen molar-refractivity contribution in [1.29, 1.82) is 5.26 Å². The van der Waals surface area contributed by atoms with E-state index in [0.717, 1.165) is 16.3 Å². The summed E-state index contributed by atoms with van der Waals surface area (Å²) in [5.41, 5.74) is 1.80. The Bertz CT molecular complexity index is 1070.